The first-order valence-electron chi connectivity index (χ1n) is 7.01. The van der Waals surface area contributed by atoms with Crippen molar-refractivity contribution in [2.75, 3.05) is 0 Å². The van der Waals surface area contributed by atoms with Crippen LogP contribution in [0.1, 0.15) is 41.0 Å². The Morgan fingerprint density at radius 2 is 1.36 bits per heavy atom. The Morgan fingerprint density at radius 1 is 0.864 bits per heavy atom. The van der Waals surface area contributed by atoms with Gasteiger partial charge < -0.3 is 0 Å². The third-order valence-electron chi connectivity index (χ3n) is 3.03. The lowest BCUT2D eigenvalue weighted by molar-refractivity contribution is -0.305. The van der Waals surface area contributed by atoms with Gasteiger partial charge in [-0.25, -0.2) is 4.79 Å². The van der Waals surface area contributed by atoms with Crippen LogP contribution in [0.25, 0.3) is 0 Å². The summed E-state index contributed by atoms with van der Waals surface area (Å²) in [5, 5.41) is 0. The van der Waals surface area contributed by atoms with E-state index in [9.17, 15) is 9.59 Å². The smallest absolute Gasteiger partial charge is 0.294 e. The Hall–Kier alpha value is -2.46. The van der Waals surface area contributed by atoms with Crippen LogP contribution in [0.4, 0.5) is 0 Å². The number of hydrogen-bond acceptors (Lipinski definition) is 4. The lowest BCUT2D eigenvalue weighted by atomic mass is 9.98. The molecule has 2 aromatic carbocycles. The van der Waals surface area contributed by atoms with Gasteiger partial charge in [0.15, 0.2) is 5.78 Å². The summed E-state index contributed by atoms with van der Waals surface area (Å²) in [6.45, 7) is 3.40. The molecule has 0 radical (unpaired) electrons. The Balaban J connectivity index is 1.91. The fourth-order valence-electron chi connectivity index (χ4n) is 1.92. The molecule has 22 heavy (non-hydrogen) atoms. The highest BCUT2D eigenvalue weighted by Gasteiger charge is 2.27. The van der Waals surface area contributed by atoms with E-state index in [2.05, 4.69) is 0 Å². The van der Waals surface area contributed by atoms with Crippen molar-refractivity contribution >= 4 is 11.8 Å². The molecule has 0 aliphatic carbocycles. The van der Waals surface area contributed by atoms with E-state index in [1.54, 1.807) is 68.4 Å². The number of hydrogen-bond donors (Lipinski definition) is 0. The maximum absolute atomic E-state index is 12.2. The number of carbonyl (C=O) groups excluding carboxylic acids is 2. The highest BCUT2D eigenvalue weighted by Crippen LogP contribution is 2.19. The molecule has 0 aromatic heterocycles. The predicted octanol–water partition coefficient (Wildman–Crippen LogP) is 3.83. The molecule has 0 aliphatic heterocycles. The van der Waals surface area contributed by atoms with Gasteiger partial charge in [0.2, 0.25) is 0 Å². The van der Waals surface area contributed by atoms with Crippen LogP contribution >= 0.6 is 0 Å². The first-order valence-corrected chi connectivity index (χ1v) is 7.01. The van der Waals surface area contributed by atoms with Crippen molar-refractivity contribution in [2.24, 2.45) is 0 Å². The van der Waals surface area contributed by atoms with Crippen molar-refractivity contribution in [2.45, 2.75) is 25.9 Å². The van der Waals surface area contributed by atoms with Crippen molar-refractivity contribution < 1.29 is 19.4 Å². The van der Waals surface area contributed by atoms with Crippen LogP contribution in [0.2, 0.25) is 0 Å². The molecule has 4 heteroatoms. The molecule has 0 unspecified atom stereocenters. The average Bonchev–Trinajstić information content (AvgIpc) is 2.54. The fraction of sp³-hybridized carbons (Fsp3) is 0.222. The molecule has 114 valence electrons. The second-order valence-corrected chi connectivity index (χ2v) is 5.55. The molecule has 0 saturated heterocycles. The van der Waals surface area contributed by atoms with Crippen molar-refractivity contribution in [1.29, 1.82) is 0 Å². The molecule has 0 amide bonds. The molecule has 0 fully saturated rings. The van der Waals surface area contributed by atoms with Crippen molar-refractivity contribution in [3.05, 3.63) is 71.8 Å². The van der Waals surface area contributed by atoms with E-state index in [-0.39, 0.29) is 12.2 Å². The highest BCUT2D eigenvalue weighted by molar-refractivity contribution is 5.96. The lowest BCUT2D eigenvalue weighted by Crippen LogP contribution is -2.29. The van der Waals surface area contributed by atoms with E-state index >= 15 is 0 Å². The maximum Gasteiger partial charge on any atom is 0.373 e. The van der Waals surface area contributed by atoms with Crippen LogP contribution in [0.15, 0.2) is 60.7 Å². The number of ketones is 1. The monoisotopic (exact) mass is 298 g/mol. The summed E-state index contributed by atoms with van der Waals surface area (Å²) in [6, 6.07) is 17.5. The molecule has 0 atom stereocenters. The second-order valence-electron chi connectivity index (χ2n) is 5.55. The first kappa shape index (κ1) is 15.9. The molecule has 2 rings (SSSR count). The first-order chi connectivity index (χ1) is 10.5. The van der Waals surface area contributed by atoms with Gasteiger partial charge >= 0.3 is 5.97 Å². The minimum absolute atomic E-state index is 0.0682. The van der Waals surface area contributed by atoms with E-state index in [1.807, 2.05) is 6.07 Å². The van der Waals surface area contributed by atoms with Gasteiger partial charge in [-0.15, -0.1) is 0 Å². The minimum Gasteiger partial charge on any atom is -0.294 e. The van der Waals surface area contributed by atoms with Gasteiger partial charge in [-0.3, -0.25) is 9.68 Å². The zero-order valence-corrected chi connectivity index (χ0v) is 12.6. The Bertz CT molecular complexity index is 633. The molecule has 0 saturated carbocycles. The fourth-order valence-corrected chi connectivity index (χ4v) is 1.92. The van der Waals surface area contributed by atoms with Crippen LogP contribution in [0.5, 0.6) is 0 Å². The number of benzene rings is 2. The van der Waals surface area contributed by atoms with Crippen LogP contribution in [0.3, 0.4) is 0 Å². The summed E-state index contributed by atoms with van der Waals surface area (Å²) >= 11 is 0. The molecule has 0 aliphatic rings. The summed E-state index contributed by atoms with van der Waals surface area (Å²) in [5.41, 5.74) is 0.0958. The van der Waals surface area contributed by atoms with E-state index in [4.69, 9.17) is 9.78 Å². The van der Waals surface area contributed by atoms with Gasteiger partial charge in [0, 0.05) is 12.0 Å². The molecule has 0 spiro atoms. The van der Waals surface area contributed by atoms with Gasteiger partial charge in [0.1, 0.15) is 5.60 Å². The summed E-state index contributed by atoms with van der Waals surface area (Å²) in [5.74, 6) is -0.651. The van der Waals surface area contributed by atoms with Gasteiger partial charge in [-0.2, -0.15) is 4.89 Å². The quantitative estimate of drug-likeness (QED) is 0.462. The van der Waals surface area contributed by atoms with Crippen LogP contribution in [0, 0.1) is 0 Å². The van der Waals surface area contributed by atoms with E-state index in [1.165, 1.54) is 0 Å². The molecule has 2 aromatic rings. The average molecular weight is 298 g/mol. The predicted molar refractivity (Wildman–Crippen MR) is 82.4 cm³/mol. The van der Waals surface area contributed by atoms with E-state index < -0.39 is 11.6 Å². The lowest BCUT2D eigenvalue weighted by Gasteiger charge is -2.21. The van der Waals surface area contributed by atoms with E-state index in [0.29, 0.717) is 11.1 Å². The number of carbonyl (C=O) groups is 2. The molecular weight excluding hydrogens is 280 g/mol. The van der Waals surface area contributed by atoms with Crippen molar-refractivity contribution in [3.63, 3.8) is 0 Å². The Labute approximate surface area is 129 Å². The van der Waals surface area contributed by atoms with Gasteiger partial charge in [0.25, 0.3) is 0 Å². The molecule has 0 heterocycles. The van der Waals surface area contributed by atoms with Gasteiger partial charge in [0.05, 0.1) is 5.56 Å². The normalized spacial score (nSPS) is 11.0. The SMILES string of the molecule is CC(C)(CC(=O)c1ccccc1)OOC(=O)c1ccccc1. The molecular formula is C18H18O4. The summed E-state index contributed by atoms with van der Waals surface area (Å²) in [7, 11) is 0. The standard InChI is InChI=1S/C18H18O4/c1-18(2,13-16(19)14-9-5-3-6-10-14)22-21-17(20)15-11-7-4-8-12-15/h3-12H,13H2,1-2H3. The molecule has 4 nitrogen and oxygen atoms in total. The Morgan fingerprint density at radius 3 is 1.91 bits per heavy atom. The van der Waals surface area contributed by atoms with Crippen LogP contribution in [-0.2, 0) is 9.78 Å². The van der Waals surface area contributed by atoms with Crippen molar-refractivity contribution in [3.8, 4) is 0 Å². The summed E-state index contributed by atoms with van der Waals surface area (Å²) in [4.78, 5) is 34.0. The maximum atomic E-state index is 12.2. The summed E-state index contributed by atoms with van der Waals surface area (Å²) in [6.07, 6.45) is 0.110. The Kier molecular flexibility index (Phi) is 5.07. The van der Waals surface area contributed by atoms with Gasteiger partial charge in [-0.05, 0) is 26.0 Å². The van der Waals surface area contributed by atoms with Crippen molar-refractivity contribution in [1.82, 2.24) is 0 Å². The third kappa shape index (κ3) is 4.53. The zero-order valence-electron chi connectivity index (χ0n) is 12.6. The topological polar surface area (TPSA) is 52.6 Å². The van der Waals surface area contributed by atoms with Crippen LogP contribution < -0.4 is 0 Å². The minimum atomic E-state index is -0.905. The zero-order chi connectivity index (χ0) is 16.0. The molecule has 0 N–H and O–H groups in total. The number of Topliss-reactive ketones (excluding diaryl/α,β-unsaturated/α-hetero) is 1. The molecule has 0 bridgehead atoms. The second kappa shape index (κ2) is 7.00. The number of rotatable bonds is 6. The largest absolute Gasteiger partial charge is 0.373 e. The third-order valence-corrected chi connectivity index (χ3v) is 3.03. The summed E-state index contributed by atoms with van der Waals surface area (Å²) < 4.78 is 0. The van der Waals surface area contributed by atoms with Gasteiger partial charge in [-0.1, -0.05) is 48.5 Å². The van der Waals surface area contributed by atoms with Crippen LogP contribution in [-0.4, -0.2) is 17.4 Å². The highest BCUT2D eigenvalue weighted by atomic mass is 17.2. The van der Waals surface area contributed by atoms with E-state index in [0.717, 1.165) is 0 Å².